The Bertz CT molecular complexity index is 698. The van der Waals surface area contributed by atoms with Crippen molar-refractivity contribution < 1.29 is 5.11 Å². The molecule has 2 aromatic heterocycles. The summed E-state index contributed by atoms with van der Waals surface area (Å²) in [6, 6.07) is 0. The molecule has 9 nitrogen and oxygen atoms in total. The molecule has 2 rings (SSSR count). The van der Waals surface area contributed by atoms with E-state index in [1.54, 1.807) is 27.9 Å². The molecule has 0 unspecified atom stereocenters. The number of aromatic nitrogens is 4. The van der Waals surface area contributed by atoms with E-state index in [-0.39, 0.29) is 0 Å². The molecule has 0 aromatic carbocycles. The zero-order valence-electron chi connectivity index (χ0n) is 14.9. The maximum atomic E-state index is 9.86. The van der Waals surface area contributed by atoms with Crippen LogP contribution in [-0.2, 0) is 0 Å². The average Bonchev–Trinajstić information content (AvgIpc) is 2.56. The molecule has 0 bridgehead atoms. The summed E-state index contributed by atoms with van der Waals surface area (Å²) in [5, 5.41) is 22.2. The number of fused-ring (bicyclic) bond motifs is 1. The smallest absolute Gasteiger partial charge is 0.225 e. The lowest BCUT2D eigenvalue weighted by atomic mass is 10.1. The lowest BCUT2D eigenvalue weighted by Crippen LogP contribution is -2.30. The van der Waals surface area contributed by atoms with Crippen molar-refractivity contribution in [2.45, 2.75) is 32.8 Å². The minimum absolute atomic E-state index is 0.327. The lowest BCUT2D eigenvalue weighted by Gasteiger charge is -2.18. The van der Waals surface area contributed by atoms with E-state index in [1.807, 2.05) is 0 Å². The molecule has 0 aliphatic heterocycles. The largest absolute Gasteiger partial charge is 0.389 e. The van der Waals surface area contributed by atoms with E-state index in [2.05, 4.69) is 48.1 Å². The molecular formula is C15H26N8O. The van der Waals surface area contributed by atoms with Crippen molar-refractivity contribution >= 4 is 34.6 Å². The third-order valence-corrected chi connectivity index (χ3v) is 3.23. The highest BCUT2D eigenvalue weighted by Gasteiger charge is 2.17. The highest BCUT2D eigenvalue weighted by Crippen LogP contribution is 2.26. The quantitative estimate of drug-likeness (QED) is 0.489. The topological polar surface area (TPSA) is 120 Å². The number of anilines is 4. The Morgan fingerprint density at radius 2 is 1.38 bits per heavy atom. The normalized spacial score (nSPS) is 11.4. The van der Waals surface area contributed by atoms with E-state index in [4.69, 9.17) is 0 Å². The van der Waals surface area contributed by atoms with Crippen LogP contribution in [0.1, 0.15) is 27.2 Å². The van der Waals surface area contributed by atoms with Gasteiger partial charge in [0.25, 0.3) is 0 Å². The summed E-state index contributed by atoms with van der Waals surface area (Å²) in [7, 11) is 3.57. The number of rotatable bonds is 8. The SMILES string of the molecule is CCCNc1nc(NC)c2nc(NCC(C)(C)O)nc(NC)c2n1. The Labute approximate surface area is 141 Å². The predicted octanol–water partition coefficient (Wildman–Crippen LogP) is 1.51. The fourth-order valence-electron chi connectivity index (χ4n) is 2.05. The molecule has 132 valence electrons. The van der Waals surface area contributed by atoms with Crippen molar-refractivity contribution in [2.75, 3.05) is 48.5 Å². The molecule has 0 aliphatic carbocycles. The van der Waals surface area contributed by atoms with E-state index in [1.165, 1.54) is 0 Å². The van der Waals surface area contributed by atoms with Crippen LogP contribution < -0.4 is 21.3 Å². The first kappa shape index (κ1) is 17.9. The van der Waals surface area contributed by atoms with E-state index >= 15 is 0 Å². The van der Waals surface area contributed by atoms with Crippen LogP contribution in [0, 0.1) is 0 Å². The molecule has 0 atom stereocenters. The molecule has 2 heterocycles. The van der Waals surface area contributed by atoms with Crippen molar-refractivity contribution in [1.82, 2.24) is 19.9 Å². The van der Waals surface area contributed by atoms with E-state index in [0.717, 1.165) is 13.0 Å². The summed E-state index contributed by atoms with van der Waals surface area (Å²) in [5.41, 5.74) is 0.371. The van der Waals surface area contributed by atoms with Crippen molar-refractivity contribution in [1.29, 1.82) is 0 Å². The fourth-order valence-corrected chi connectivity index (χ4v) is 2.05. The van der Waals surface area contributed by atoms with Crippen LogP contribution in [0.5, 0.6) is 0 Å². The number of nitrogens with zero attached hydrogens (tertiary/aromatic N) is 4. The number of hydrogen-bond acceptors (Lipinski definition) is 9. The van der Waals surface area contributed by atoms with E-state index in [9.17, 15) is 5.11 Å². The van der Waals surface area contributed by atoms with E-state index in [0.29, 0.717) is 41.1 Å². The van der Waals surface area contributed by atoms with Gasteiger partial charge >= 0.3 is 0 Å². The van der Waals surface area contributed by atoms with Crippen LogP contribution in [-0.4, -0.2) is 57.8 Å². The zero-order valence-corrected chi connectivity index (χ0v) is 14.9. The summed E-state index contributed by atoms with van der Waals surface area (Å²) in [4.78, 5) is 17.9. The van der Waals surface area contributed by atoms with Crippen LogP contribution in [0.15, 0.2) is 0 Å². The van der Waals surface area contributed by atoms with Gasteiger partial charge in [-0.3, -0.25) is 0 Å². The van der Waals surface area contributed by atoms with Crippen LogP contribution >= 0.6 is 0 Å². The molecule has 24 heavy (non-hydrogen) atoms. The summed E-state index contributed by atoms with van der Waals surface area (Å²) in [6.45, 7) is 6.63. The fraction of sp³-hybridized carbons (Fsp3) is 0.600. The Morgan fingerprint density at radius 1 is 0.875 bits per heavy atom. The highest BCUT2D eigenvalue weighted by atomic mass is 16.3. The predicted molar refractivity (Wildman–Crippen MR) is 97.8 cm³/mol. The van der Waals surface area contributed by atoms with Crippen molar-refractivity contribution in [2.24, 2.45) is 0 Å². The van der Waals surface area contributed by atoms with Crippen LogP contribution in [0.3, 0.4) is 0 Å². The number of aliphatic hydroxyl groups is 1. The van der Waals surface area contributed by atoms with Gasteiger partial charge in [-0.2, -0.15) is 9.97 Å². The van der Waals surface area contributed by atoms with Gasteiger partial charge in [0, 0.05) is 27.2 Å². The van der Waals surface area contributed by atoms with Gasteiger partial charge in [-0.25, -0.2) is 9.97 Å². The highest BCUT2D eigenvalue weighted by molar-refractivity contribution is 5.94. The summed E-state index contributed by atoms with van der Waals surface area (Å²) in [6.07, 6.45) is 0.978. The maximum Gasteiger partial charge on any atom is 0.225 e. The molecule has 0 aliphatic rings. The summed E-state index contributed by atoms with van der Waals surface area (Å²) < 4.78 is 0. The lowest BCUT2D eigenvalue weighted by molar-refractivity contribution is 0.0943. The van der Waals surface area contributed by atoms with Crippen LogP contribution in [0.4, 0.5) is 23.5 Å². The first-order chi connectivity index (χ1) is 11.4. The third kappa shape index (κ3) is 4.31. The molecule has 0 fully saturated rings. The average molecular weight is 334 g/mol. The van der Waals surface area contributed by atoms with Gasteiger partial charge in [-0.05, 0) is 20.3 Å². The molecular weight excluding hydrogens is 308 g/mol. The second-order valence-corrected chi connectivity index (χ2v) is 6.08. The van der Waals surface area contributed by atoms with Gasteiger partial charge in [-0.15, -0.1) is 0 Å². The standard InChI is InChI=1S/C15H26N8O/c1-6-7-18-13-20-9-10(11(16-4)22-13)21-14(23-12(9)17-5)19-8-15(2,3)24/h24H,6-8H2,1-5H3,(H2,16,18,20,22)(H2,17,19,21,23). The monoisotopic (exact) mass is 334 g/mol. The summed E-state index contributed by atoms with van der Waals surface area (Å²) >= 11 is 0. The molecule has 0 amide bonds. The minimum Gasteiger partial charge on any atom is -0.389 e. The zero-order chi connectivity index (χ0) is 17.7. The van der Waals surface area contributed by atoms with Gasteiger partial charge in [0.05, 0.1) is 5.60 Å². The van der Waals surface area contributed by atoms with Gasteiger partial charge in [0.15, 0.2) is 11.6 Å². The molecule has 0 saturated heterocycles. The molecule has 0 radical (unpaired) electrons. The first-order valence-electron chi connectivity index (χ1n) is 8.03. The van der Waals surface area contributed by atoms with Crippen LogP contribution in [0.25, 0.3) is 11.0 Å². The Hall–Kier alpha value is -2.42. The van der Waals surface area contributed by atoms with Gasteiger partial charge in [-0.1, -0.05) is 6.92 Å². The van der Waals surface area contributed by atoms with Crippen LogP contribution in [0.2, 0.25) is 0 Å². The number of hydrogen-bond donors (Lipinski definition) is 5. The number of nitrogens with one attached hydrogen (secondary N) is 4. The van der Waals surface area contributed by atoms with E-state index < -0.39 is 5.60 Å². The Balaban J connectivity index is 2.48. The third-order valence-electron chi connectivity index (χ3n) is 3.23. The van der Waals surface area contributed by atoms with Crippen molar-refractivity contribution in [3.8, 4) is 0 Å². The molecule has 9 heteroatoms. The molecule has 0 spiro atoms. The molecule has 5 N–H and O–H groups in total. The molecule has 2 aromatic rings. The minimum atomic E-state index is -0.867. The Kier molecular flexibility index (Phi) is 5.55. The summed E-state index contributed by atoms with van der Waals surface area (Å²) in [5.74, 6) is 2.15. The second kappa shape index (κ2) is 7.43. The maximum absolute atomic E-state index is 9.86. The Morgan fingerprint density at radius 3 is 1.79 bits per heavy atom. The second-order valence-electron chi connectivity index (χ2n) is 6.08. The van der Waals surface area contributed by atoms with Gasteiger partial charge < -0.3 is 26.4 Å². The van der Waals surface area contributed by atoms with Crippen molar-refractivity contribution in [3.05, 3.63) is 0 Å². The van der Waals surface area contributed by atoms with Gasteiger partial charge in [0.2, 0.25) is 11.9 Å². The van der Waals surface area contributed by atoms with Gasteiger partial charge in [0.1, 0.15) is 11.0 Å². The van der Waals surface area contributed by atoms with Crippen molar-refractivity contribution in [3.63, 3.8) is 0 Å². The first-order valence-corrected chi connectivity index (χ1v) is 8.03. The molecule has 0 saturated carbocycles.